The van der Waals surface area contributed by atoms with Crippen molar-refractivity contribution < 1.29 is 14.7 Å². The van der Waals surface area contributed by atoms with E-state index in [1.54, 1.807) is 0 Å². The molecule has 5 N–H and O–H groups in total. The van der Waals surface area contributed by atoms with Gasteiger partial charge in [0.2, 0.25) is 11.8 Å². The molecule has 0 saturated carbocycles. The van der Waals surface area contributed by atoms with Gasteiger partial charge in [0.15, 0.2) is 0 Å². The average Bonchev–Trinajstić information content (AvgIpc) is 3.03. The van der Waals surface area contributed by atoms with Crippen molar-refractivity contribution in [2.45, 2.75) is 57.1 Å². The van der Waals surface area contributed by atoms with Gasteiger partial charge in [0, 0.05) is 58.3 Å². The van der Waals surface area contributed by atoms with E-state index in [0.29, 0.717) is 19.6 Å². The van der Waals surface area contributed by atoms with Gasteiger partial charge in [-0.2, -0.15) is 0 Å². The molecule has 2 aliphatic heterocycles. The Bertz CT molecular complexity index is 556. The summed E-state index contributed by atoms with van der Waals surface area (Å²) in [6.07, 6.45) is 7.81. The van der Waals surface area contributed by atoms with Crippen LogP contribution < -0.4 is 21.3 Å². The summed E-state index contributed by atoms with van der Waals surface area (Å²) in [5.74, 6) is -0.342. The Morgan fingerprint density at radius 3 is 2.27 bits per heavy atom. The van der Waals surface area contributed by atoms with Crippen LogP contribution in [-0.4, -0.2) is 111 Å². The summed E-state index contributed by atoms with van der Waals surface area (Å²) in [4.78, 5) is 28.7. The number of carbonyl (C=O) groups is 2. The summed E-state index contributed by atoms with van der Waals surface area (Å²) < 4.78 is 0. The van der Waals surface area contributed by atoms with Crippen LogP contribution >= 0.6 is 0 Å². The van der Waals surface area contributed by atoms with E-state index >= 15 is 0 Å². The number of hydrogen-bond acceptors (Lipinski definition) is 7. The van der Waals surface area contributed by atoms with Crippen molar-refractivity contribution in [2.24, 2.45) is 0 Å². The summed E-state index contributed by atoms with van der Waals surface area (Å²) in [7, 11) is 0. The first-order valence-electron chi connectivity index (χ1n) is 12.8. The monoisotopic (exact) mass is 466 g/mol. The van der Waals surface area contributed by atoms with Gasteiger partial charge in [0.25, 0.3) is 0 Å². The molecular formula is C24H46N6O3. The Labute approximate surface area is 199 Å². The van der Waals surface area contributed by atoms with E-state index in [9.17, 15) is 14.7 Å². The number of hydrogen-bond donors (Lipinski definition) is 5. The molecule has 33 heavy (non-hydrogen) atoms. The molecule has 0 radical (unpaired) electrons. The predicted molar refractivity (Wildman–Crippen MR) is 132 cm³/mol. The maximum absolute atomic E-state index is 12.8. The van der Waals surface area contributed by atoms with E-state index in [2.05, 4.69) is 37.6 Å². The third-order valence-corrected chi connectivity index (χ3v) is 6.49. The number of β-amino-alcohol motifs (C(OH)–C–C–N with tert-alkyl or cyclic N) is 1. The summed E-state index contributed by atoms with van der Waals surface area (Å²) in [6, 6.07) is -0.228. The number of nitrogens with zero attached hydrogens (tertiary/aromatic N) is 2. The molecule has 190 valence electrons. The van der Waals surface area contributed by atoms with Crippen molar-refractivity contribution in [2.75, 3.05) is 72.0 Å². The number of rotatable bonds is 10. The van der Waals surface area contributed by atoms with Crippen molar-refractivity contribution in [3.8, 4) is 0 Å². The molecule has 0 spiro atoms. The van der Waals surface area contributed by atoms with Crippen molar-refractivity contribution in [1.29, 1.82) is 0 Å². The zero-order valence-corrected chi connectivity index (χ0v) is 20.3. The van der Waals surface area contributed by atoms with Gasteiger partial charge >= 0.3 is 0 Å². The smallest absolute Gasteiger partial charge is 0.243 e. The van der Waals surface area contributed by atoms with Crippen molar-refractivity contribution in [3.63, 3.8) is 0 Å². The standard InChI is InChI=1S/C24H46N6O3/c1-2-23(32)27-11-12-28-24(33)19-21(30-16-8-4-6-10-26-14-18-30)22(31)20-29-15-7-3-5-9-25-13-17-29/h2,21-22,25-26,31H,1,3-20H2,(H,27,32)(H,28,33). The Hall–Kier alpha value is -1.52. The van der Waals surface area contributed by atoms with Gasteiger partial charge in [-0.05, 0) is 57.9 Å². The Morgan fingerprint density at radius 1 is 0.879 bits per heavy atom. The SMILES string of the molecule is C=CC(=O)NCCNC(=O)CC(C(O)CN1CCCCCNCC1)N1CCCCCNCC1. The second-order valence-corrected chi connectivity index (χ2v) is 9.14. The highest BCUT2D eigenvalue weighted by molar-refractivity contribution is 5.86. The van der Waals surface area contributed by atoms with Crippen molar-refractivity contribution in [1.82, 2.24) is 31.1 Å². The van der Waals surface area contributed by atoms with Crippen LogP contribution in [0.5, 0.6) is 0 Å². The third kappa shape index (κ3) is 12.0. The van der Waals surface area contributed by atoms with E-state index < -0.39 is 6.10 Å². The van der Waals surface area contributed by atoms with Crippen LogP contribution in [0.4, 0.5) is 0 Å². The first-order valence-corrected chi connectivity index (χ1v) is 12.8. The van der Waals surface area contributed by atoms with Crippen LogP contribution in [0.15, 0.2) is 12.7 Å². The van der Waals surface area contributed by atoms with Crippen molar-refractivity contribution >= 4 is 11.8 Å². The zero-order chi connectivity index (χ0) is 23.7. The second kappa shape index (κ2) is 17.0. The molecule has 2 amide bonds. The first kappa shape index (κ1) is 27.7. The molecule has 0 aromatic carbocycles. The topological polar surface area (TPSA) is 109 Å². The number of carbonyl (C=O) groups excluding carboxylic acids is 2. The minimum atomic E-state index is -0.599. The van der Waals surface area contributed by atoms with E-state index in [1.165, 1.54) is 25.3 Å². The summed E-state index contributed by atoms with van der Waals surface area (Å²) in [5, 5.41) is 23.8. The fraction of sp³-hybridized carbons (Fsp3) is 0.833. The lowest BCUT2D eigenvalue weighted by Crippen LogP contribution is -2.52. The molecule has 2 aliphatic rings. The van der Waals surface area contributed by atoms with E-state index in [-0.39, 0.29) is 24.3 Å². The van der Waals surface area contributed by atoms with Gasteiger partial charge in [0.1, 0.15) is 0 Å². The highest BCUT2D eigenvalue weighted by atomic mass is 16.3. The molecule has 0 aromatic rings. The van der Waals surface area contributed by atoms with Crippen LogP contribution in [-0.2, 0) is 9.59 Å². The predicted octanol–water partition coefficient (Wildman–Crippen LogP) is -0.325. The Morgan fingerprint density at radius 2 is 1.55 bits per heavy atom. The zero-order valence-electron chi connectivity index (χ0n) is 20.3. The highest BCUT2D eigenvalue weighted by Gasteiger charge is 2.29. The van der Waals surface area contributed by atoms with Gasteiger partial charge < -0.3 is 26.4 Å². The van der Waals surface area contributed by atoms with Gasteiger partial charge in [-0.3, -0.25) is 19.4 Å². The van der Waals surface area contributed by atoms with Gasteiger partial charge in [-0.25, -0.2) is 0 Å². The highest BCUT2D eigenvalue weighted by Crippen LogP contribution is 2.15. The normalized spacial score (nSPS) is 21.7. The lowest BCUT2D eigenvalue weighted by molar-refractivity contribution is -0.124. The Kier molecular flexibility index (Phi) is 14.3. The third-order valence-electron chi connectivity index (χ3n) is 6.49. The average molecular weight is 467 g/mol. The number of amides is 2. The number of aliphatic hydroxyl groups is 1. The Balaban J connectivity index is 1.97. The molecule has 2 rings (SSSR count). The molecule has 0 aliphatic carbocycles. The van der Waals surface area contributed by atoms with Gasteiger partial charge in [0.05, 0.1) is 6.10 Å². The van der Waals surface area contributed by atoms with Crippen LogP contribution in [0.1, 0.15) is 44.9 Å². The molecule has 2 heterocycles. The quantitative estimate of drug-likeness (QED) is 0.222. The van der Waals surface area contributed by atoms with Crippen LogP contribution in [0, 0.1) is 0 Å². The molecular weight excluding hydrogens is 420 g/mol. The number of nitrogens with one attached hydrogen (secondary N) is 4. The first-order chi connectivity index (χ1) is 16.1. The number of aliphatic hydroxyl groups excluding tert-OH is 1. The minimum absolute atomic E-state index is 0.0918. The van der Waals surface area contributed by atoms with Crippen LogP contribution in [0.25, 0.3) is 0 Å². The molecule has 9 heteroatoms. The van der Waals surface area contributed by atoms with Crippen LogP contribution in [0.2, 0.25) is 0 Å². The molecule has 2 unspecified atom stereocenters. The maximum atomic E-state index is 12.8. The molecule has 9 nitrogen and oxygen atoms in total. The summed E-state index contributed by atoms with van der Waals surface area (Å²) in [5.41, 5.74) is 0. The van der Waals surface area contributed by atoms with E-state index in [4.69, 9.17) is 0 Å². The fourth-order valence-corrected chi connectivity index (χ4v) is 4.57. The maximum Gasteiger partial charge on any atom is 0.243 e. The fourth-order valence-electron chi connectivity index (χ4n) is 4.57. The van der Waals surface area contributed by atoms with Gasteiger partial charge in [-0.15, -0.1) is 0 Å². The lowest BCUT2D eigenvalue weighted by Gasteiger charge is -2.36. The van der Waals surface area contributed by atoms with E-state index in [0.717, 1.165) is 71.6 Å². The second-order valence-electron chi connectivity index (χ2n) is 9.14. The minimum Gasteiger partial charge on any atom is -0.390 e. The molecule has 0 bridgehead atoms. The molecule has 2 atom stereocenters. The summed E-state index contributed by atoms with van der Waals surface area (Å²) in [6.45, 7) is 12.2. The largest absolute Gasteiger partial charge is 0.390 e. The van der Waals surface area contributed by atoms with Crippen LogP contribution in [0.3, 0.4) is 0 Å². The summed E-state index contributed by atoms with van der Waals surface area (Å²) >= 11 is 0. The van der Waals surface area contributed by atoms with E-state index in [1.807, 2.05) is 0 Å². The molecule has 2 saturated heterocycles. The molecule has 2 fully saturated rings. The lowest BCUT2D eigenvalue weighted by atomic mass is 10.0. The van der Waals surface area contributed by atoms with Crippen molar-refractivity contribution in [3.05, 3.63) is 12.7 Å². The molecule has 0 aromatic heterocycles. The van der Waals surface area contributed by atoms with Gasteiger partial charge in [-0.1, -0.05) is 19.4 Å².